The fraction of sp³-hybridized carbons (Fsp3) is 0.667. The predicted octanol–water partition coefficient (Wildman–Crippen LogP) is 1.91. The average molecular weight is 154 g/mol. The van der Waals surface area contributed by atoms with E-state index in [1.807, 2.05) is 6.92 Å². The van der Waals surface area contributed by atoms with Crippen LogP contribution in [0.25, 0.3) is 0 Å². The van der Waals surface area contributed by atoms with E-state index in [1.165, 1.54) is 7.11 Å². The number of esters is 1. The van der Waals surface area contributed by atoms with Crippen molar-refractivity contribution in [1.82, 2.24) is 0 Å². The molecule has 11 heavy (non-hydrogen) atoms. The molecule has 0 spiro atoms. The summed E-state index contributed by atoms with van der Waals surface area (Å²) in [6.07, 6.45) is 2.94. The van der Waals surface area contributed by atoms with Crippen molar-refractivity contribution in [3.63, 3.8) is 0 Å². The summed E-state index contributed by atoms with van der Waals surface area (Å²) in [5, 5.41) is 0. The third-order valence-corrected chi connectivity index (χ3v) is 2.60. The van der Waals surface area contributed by atoms with E-state index in [2.05, 4.69) is 6.58 Å². The van der Waals surface area contributed by atoms with Gasteiger partial charge in [0.05, 0.1) is 12.5 Å². The van der Waals surface area contributed by atoms with Gasteiger partial charge in [-0.15, -0.1) is 0 Å². The SMILES string of the molecule is C=C(C)C1(C(=O)OC)CCC1. The van der Waals surface area contributed by atoms with E-state index in [1.54, 1.807) is 0 Å². The van der Waals surface area contributed by atoms with Crippen LogP contribution < -0.4 is 0 Å². The highest BCUT2D eigenvalue weighted by Gasteiger charge is 2.45. The second kappa shape index (κ2) is 2.68. The fourth-order valence-corrected chi connectivity index (χ4v) is 1.53. The zero-order chi connectivity index (χ0) is 8.48. The van der Waals surface area contributed by atoms with Gasteiger partial charge in [-0.25, -0.2) is 0 Å². The smallest absolute Gasteiger partial charge is 0.315 e. The van der Waals surface area contributed by atoms with Crippen LogP contribution >= 0.6 is 0 Å². The van der Waals surface area contributed by atoms with Gasteiger partial charge in [-0.05, 0) is 19.8 Å². The standard InChI is InChI=1S/C9H14O2/c1-7(2)9(5-4-6-9)8(10)11-3/h1,4-6H2,2-3H3. The lowest BCUT2D eigenvalue weighted by atomic mass is 9.65. The lowest BCUT2D eigenvalue weighted by molar-refractivity contribution is -0.154. The molecule has 1 aliphatic rings. The highest BCUT2D eigenvalue weighted by molar-refractivity contribution is 5.81. The Morgan fingerprint density at radius 3 is 2.18 bits per heavy atom. The molecule has 0 aromatic heterocycles. The number of carbonyl (C=O) groups is 1. The highest BCUT2D eigenvalue weighted by Crippen LogP contribution is 2.46. The van der Waals surface area contributed by atoms with Crippen LogP contribution in [0.15, 0.2) is 12.2 Å². The molecule has 1 saturated carbocycles. The Morgan fingerprint density at radius 1 is 1.55 bits per heavy atom. The second-order valence-electron chi connectivity index (χ2n) is 3.21. The maximum atomic E-state index is 11.3. The predicted molar refractivity (Wildman–Crippen MR) is 43.1 cm³/mol. The molecule has 0 unspecified atom stereocenters. The molecule has 0 aliphatic heterocycles. The molecule has 0 saturated heterocycles. The summed E-state index contributed by atoms with van der Waals surface area (Å²) >= 11 is 0. The lowest BCUT2D eigenvalue weighted by Gasteiger charge is -2.39. The molecule has 0 aromatic rings. The van der Waals surface area contributed by atoms with Gasteiger partial charge in [-0.1, -0.05) is 18.6 Å². The van der Waals surface area contributed by atoms with Crippen LogP contribution in [-0.4, -0.2) is 13.1 Å². The van der Waals surface area contributed by atoms with Gasteiger partial charge in [-0.3, -0.25) is 4.79 Å². The third kappa shape index (κ3) is 1.06. The van der Waals surface area contributed by atoms with Crippen LogP contribution in [0.2, 0.25) is 0 Å². The quantitative estimate of drug-likeness (QED) is 0.448. The molecule has 0 bridgehead atoms. The van der Waals surface area contributed by atoms with Gasteiger partial charge >= 0.3 is 5.97 Å². The topological polar surface area (TPSA) is 26.3 Å². The summed E-state index contributed by atoms with van der Waals surface area (Å²) in [5.41, 5.74) is 0.616. The molecule has 0 aromatic carbocycles. The summed E-state index contributed by atoms with van der Waals surface area (Å²) in [6.45, 7) is 5.72. The van der Waals surface area contributed by atoms with Gasteiger partial charge in [0.15, 0.2) is 0 Å². The van der Waals surface area contributed by atoms with Crippen molar-refractivity contribution < 1.29 is 9.53 Å². The molecule has 0 atom stereocenters. The molecule has 0 heterocycles. The van der Waals surface area contributed by atoms with E-state index in [4.69, 9.17) is 4.74 Å². The van der Waals surface area contributed by atoms with Crippen LogP contribution in [0.1, 0.15) is 26.2 Å². The number of hydrogen-bond acceptors (Lipinski definition) is 2. The van der Waals surface area contributed by atoms with Crippen molar-refractivity contribution in [2.45, 2.75) is 26.2 Å². The molecule has 0 N–H and O–H groups in total. The zero-order valence-corrected chi connectivity index (χ0v) is 7.14. The maximum absolute atomic E-state index is 11.3. The largest absolute Gasteiger partial charge is 0.468 e. The number of rotatable bonds is 2. The van der Waals surface area contributed by atoms with E-state index in [9.17, 15) is 4.79 Å². The van der Waals surface area contributed by atoms with E-state index in [0.29, 0.717) is 0 Å². The van der Waals surface area contributed by atoms with E-state index in [-0.39, 0.29) is 11.4 Å². The second-order valence-corrected chi connectivity index (χ2v) is 3.21. The van der Waals surface area contributed by atoms with Crippen LogP contribution in [0.5, 0.6) is 0 Å². The van der Waals surface area contributed by atoms with E-state index < -0.39 is 0 Å². The Morgan fingerprint density at radius 2 is 2.09 bits per heavy atom. The Kier molecular flexibility index (Phi) is 2.03. The molecule has 2 heteroatoms. The minimum atomic E-state index is -0.325. The summed E-state index contributed by atoms with van der Waals surface area (Å²) in [4.78, 5) is 11.3. The first-order valence-electron chi connectivity index (χ1n) is 3.88. The van der Waals surface area contributed by atoms with Gasteiger partial charge in [-0.2, -0.15) is 0 Å². The normalized spacial score (nSPS) is 20.2. The Labute approximate surface area is 67.2 Å². The van der Waals surface area contributed by atoms with Crippen molar-refractivity contribution in [3.05, 3.63) is 12.2 Å². The van der Waals surface area contributed by atoms with E-state index >= 15 is 0 Å². The van der Waals surface area contributed by atoms with Gasteiger partial charge in [0.2, 0.25) is 0 Å². The molecule has 1 aliphatic carbocycles. The first-order chi connectivity index (χ1) is 5.13. The lowest BCUT2D eigenvalue weighted by Crippen LogP contribution is -2.39. The summed E-state index contributed by atoms with van der Waals surface area (Å²) in [6, 6.07) is 0. The molecule has 2 nitrogen and oxygen atoms in total. The van der Waals surface area contributed by atoms with Crippen molar-refractivity contribution >= 4 is 5.97 Å². The summed E-state index contributed by atoms with van der Waals surface area (Å²) < 4.78 is 4.72. The maximum Gasteiger partial charge on any atom is 0.315 e. The molecular weight excluding hydrogens is 140 g/mol. The first-order valence-corrected chi connectivity index (χ1v) is 3.88. The molecule has 1 fully saturated rings. The van der Waals surface area contributed by atoms with Crippen molar-refractivity contribution in [1.29, 1.82) is 0 Å². The zero-order valence-electron chi connectivity index (χ0n) is 7.14. The Bertz CT molecular complexity index is 190. The van der Waals surface area contributed by atoms with Gasteiger partial charge in [0, 0.05) is 0 Å². The van der Waals surface area contributed by atoms with Crippen LogP contribution in [-0.2, 0) is 9.53 Å². The number of ether oxygens (including phenoxy) is 1. The summed E-state index contributed by atoms with van der Waals surface area (Å²) in [7, 11) is 1.44. The number of carbonyl (C=O) groups excluding carboxylic acids is 1. The third-order valence-electron chi connectivity index (χ3n) is 2.60. The van der Waals surface area contributed by atoms with Crippen molar-refractivity contribution in [3.8, 4) is 0 Å². The minimum absolute atomic E-state index is 0.115. The van der Waals surface area contributed by atoms with E-state index in [0.717, 1.165) is 24.8 Å². The van der Waals surface area contributed by atoms with Gasteiger partial charge < -0.3 is 4.74 Å². The van der Waals surface area contributed by atoms with Gasteiger partial charge in [0.1, 0.15) is 0 Å². The number of hydrogen-bond donors (Lipinski definition) is 0. The minimum Gasteiger partial charge on any atom is -0.468 e. The van der Waals surface area contributed by atoms with Crippen molar-refractivity contribution in [2.75, 3.05) is 7.11 Å². The summed E-state index contributed by atoms with van der Waals surface area (Å²) in [5.74, 6) is -0.115. The molecule has 0 amide bonds. The first kappa shape index (κ1) is 8.31. The highest BCUT2D eigenvalue weighted by atomic mass is 16.5. The van der Waals surface area contributed by atoms with Gasteiger partial charge in [0.25, 0.3) is 0 Å². The van der Waals surface area contributed by atoms with Crippen LogP contribution in [0.3, 0.4) is 0 Å². The molecular formula is C9H14O2. The molecule has 1 rings (SSSR count). The van der Waals surface area contributed by atoms with Crippen LogP contribution in [0.4, 0.5) is 0 Å². The molecule has 0 radical (unpaired) electrons. The molecule has 62 valence electrons. The fourth-order valence-electron chi connectivity index (χ4n) is 1.53. The Balaban J connectivity index is 2.75. The Hall–Kier alpha value is -0.790. The monoisotopic (exact) mass is 154 g/mol. The number of methoxy groups -OCH3 is 1. The van der Waals surface area contributed by atoms with Crippen molar-refractivity contribution in [2.24, 2.45) is 5.41 Å². The average Bonchev–Trinajstić information content (AvgIpc) is 1.84. The van der Waals surface area contributed by atoms with Crippen LogP contribution in [0, 0.1) is 5.41 Å².